The summed E-state index contributed by atoms with van der Waals surface area (Å²) in [5, 5.41) is 21.9. The van der Waals surface area contributed by atoms with E-state index in [-0.39, 0.29) is 12.6 Å². The molecule has 1 aromatic carbocycles. The van der Waals surface area contributed by atoms with Crippen molar-refractivity contribution < 1.29 is 9.90 Å². The first-order chi connectivity index (χ1) is 12.7. The zero-order valence-corrected chi connectivity index (χ0v) is 14.9. The fourth-order valence-electron chi connectivity index (χ4n) is 3.36. The molecule has 1 aliphatic heterocycles. The minimum Gasteiger partial charge on any atom is -0.396 e. The van der Waals surface area contributed by atoms with Crippen LogP contribution in [0.15, 0.2) is 36.5 Å². The number of nitrogens with zero attached hydrogens (tertiary/aromatic N) is 2. The van der Waals surface area contributed by atoms with Crippen LogP contribution in [-0.2, 0) is 0 Å². The van der Waals surface area contributed by atoms with Crippen LogP contribution in [0.5, 0.6) is 0 Å². The number of benzene rings is 1. The first-order valence-corrected chi connectivity index (χ1v) is 9.22. The Morgan fingerprint density at radius 2 is 2.31 bits per heavy atom. The Hall–Kier alpha value is -2.38. The summed E-state index contributed by atoms with van der Waals surface area (Å²) in [5.41, 5.74) is 2.64. The first kappa shape index (κ1) is 18.4. The Morgan fingerprint density at radius 3 is 3.12 bits per heavy atom. The number of piperidine rings is 1. The summed E-state index contributed by atoms with van der Waals surface area (Å²) in [6.07, 6.45) is 4.87. The molecule has 2 amide bonds. The monoisotopic (exact) mass is 357 g/mol. The molecule has 2 aromatic rings. The van der Waals surface area contributed by atoms with Crippen molar-refractivity contribution in [2.75, 3.05) is 38.1 Å². The molecule has 0 bridgehead atoms. The van der Waals surface area contributed by atoms with E-state index in [4.69, 9.17) is 0 Å². The summed E-state index contributed by atoms with van der Waals surface area (Å²) in [6, 6.07) is 9.34. The van der Waals surface area contributed by atoms with E-state index in [1.165, 1.54) is 0 Å². The third-order valence-electron chi connectivity index (χ3n) is 4.73. The molecule has 0 aliphatic carbocycles. The smallest absolute Gasteiger partial charge is 0.319 e. The number of H-pyrrole nitrogens is 1. The molecule has 7 nitrogen and oxygen atoms in total. The molecule has 26 heavy (non-hydrogen) atoms. The fourth-order valence-corrected chi connectivity index (χ4v) is 3.36. The van der Waals surface area contributed by atoms with E-state index < -0.39 is 0 Å². The number of carbonyl (C=O) groups is 1. The fraction of sp³-hybridized carbons (Fsp3) is 0.474. The number of likely N-dealkylation sites (tertiary alicyclic amines) is 1. The average molecular weight is 357 g/mol. The van der Waals surface area contributed by atoms with E-state index in [1.54, 1.807) is 6.20 Å². The number of nitrogens with one attached hydrogen (secondary N) is 3. The molecule has 1 aliphatic rings. The van der Waals surface area contributed by atoms with E-state index in [1.807, 2.05) is 30.3 Å². The highest BCUT2D eigenvalue weighted by molar-refractivity contribution is 5.89. The van der Waals surface area contributed by atoms with Gasteiger partial charge < -0.3 is 20.6 Å². The summed E-state index contributed by atoms with van der Waals surface area (Å²) in [4.78, 5) is 14.4. The molecule has 2 heterocycles. The van der Waals surface area contributed by atoms with E-state index in [0.717, 1.165) is 55.8 Å². The Labute approximate surface area is 153 Å². The Kier molecular flexibility index (Phi) is 6.62. The third kappa shape index (κ3) is 5.31. The summed E-state index contributed by atoms with van der Waals surface area (Å²) >= 11 is 0. The minimum absolute atomic E-state index is 0.196. The van der Waals surface area contributed by atoms with Gasteiger partial charge >= 0.3 is 6.03 Å². The minimum atomic E-state index is -0.196. The summed E-state index contributed by atoms with van der Waals surface area (Å²) in [6.45, 7) is 3.90. The van der Waals surface area contributed by atoms with Crippen molar-refractivity contribution in [2.24, 2.45) is 5.92 Å². The molecule has 0 radical (unpaired) electrons. The van der Waals surface area contributed by atoms with Crippen molar-refractivity contribution in [1.82, 2.24) is 20.4 Å². The van der Waals surface area contributed by atoms with Gasteiger partial charge in [0.1, 0.15) is 0 Å². The lowest BCUT2D eigenvalue weighted by atomic mass is 9.99. The summed E-state index contributed by atoms with van der Waals surface area (Å²) in [7, 11) is 0. The van der Waals surface area contributed by atoms with Crippen LogP contribution in [-0.4, -0.2) is 59.0 Å². The van der Waals surface area contributed by atoms with Gasteiger partial charge in [0.05, 0.1) is 5.69 Å². The van der Waals surface area contributed by atoms with E-state index in [2.05, 4.69) is 25.7 Å². The molecule has 1 atom stereocenters. The van der Waals surface area contributed by atoms with Gasteiger partial charge in [-0.1, -0.05) is 12.1 Å². The lowest BCUT2D eigenvalue weighted by molar-refractivity contribution is 0.120. The number of rotatable bonds is 7. The Morgan fingerprint density at radius 1 is 1.38 bits per heavy atom. The second-order valence-corrected chi connectivity index (χ2v) is 6.78. The highest BCUT2D eigenvalue weighted by Gasteiger charge is 2.18. The summed E-state index contributed by atoms with van der Waals surface area (Å²) < 4.78 is 0. The van der Waals surface area contributed by atoms with Crippen LogP contribution in [0.4, 0.5) is 10.5 Å². The molecule has 1 fully saturated rings. The molecule has 140 valence electrons. The topological polar surface area (TPSA) is 93.3 Å². The normalized spacial score (nSPS) is 17.8. The molecule has 7 heteroatoms. The highest BCUT2D eigenvalue weighted by Crippen LogP contribution is 2.20. The van der Waals surface area contributed by atoms with Crippen LogP contribution >= 0.6 is 0 Å². The number of hydrogen-bond donors (Lipinski definition) is 4. The maximum Gasteiger partial charge on any atom is 0.319 e. The molecule has 1 saturated heterocycles. The maximum absolute atomic E-state index is 12.1. The molecule has 3 rings (SSSR count). The van der Waals surface area contributed by atoms with Gasteiger partial charge in [-0.05, 0) is 56.5 Å². The van der Waals surface area contributed by atoms with Crippen LogP contribution in [0, 0.1) is 5.92 Å². The van der Waals surface area contributed by atoms with Crippen molar-refractivity contribution in [1.29, 1.82) is 0 Å². The zero-order chi connectivity index (χ0) is 18.2. The van der Waals surface area contributed by atoms with Gasteiger partial charge in [-0.15, -0.1) is 0 Å². The zero-order valence-electron chi connectivity index (χ0n) is 14.9. The molecule has 0 unspecified atom stereocenters. The van der Waals surface area contributed by atoms with Crippen molar-refractivity contribution in [2.45, 2.75) is 19.3 Å². The number of amides is 2. The number of aromatic nitrogens is 2. The Bertz CT molecular complexity index is 689. The highest BCUT2D eigenvalue weighted by atomic mass is 16.3. The predicted octanol–water partition coefficient (Wildman–Crippen LogP) is 2.29. The van der Waals surface area contributed by atoms with Gasteiger partial charge in [-0.25, -0.2) is 4.79 Å². The van der Waals surface area contributed by atoms with Crippen LogP contribution in [0.25, 0.3) is 11.3 Å². The number of aromatic amines is 1. The van der Waals surface area contributed by atoms with Crippen LogP contribution in [0.2, 0.25) is 0 Å². The number of urea groups is 1. The number of carbonyl (C=O) groups excluding carboxylic acids is 1. The predicted molar refractivity (Wildman–Crippen MR) is 102 cm³/mol. The molecule has 0 spiro atoms. The lowest BCUT2D eigenvalue weighted by Gasteiger charge is -2.31. The quantitative estimate of drug-likeness (QED) is 0.572. The maximum atomic E-state index is 12.1. The van der Waals surface area contributed by atoms with Gasteiger partial charge in [-0.3, -0.25) is 5.10 Å². The molecular weight excluding hydrogens is 330 g/mol. The van der Waals surface area contributed by atoms with Crippen LogP contribution in [0.3, 0.4) is 0 Å². The standard InChI is InChI=1S/C19H27N5O2/c25-14-15-4-2-10-24(13-15)11-3-8-20-19(26)22-17-6-1-5-16(12-17)18-7-9-21-23-18/h1,5-7,9,12,15,25H,2-4,8,10-11,13-14H2,(H,21,23)(H2,20,22,26)/t15-/m1/s1. The average Bonchev–Trinajstić information content (AvgIpc) is 3.20. The van der Waals surface area contributed by atoms with Crippen LogP contribution in [0.1, 0.15) is 19.3 Å². The third-order valence-corrected chi connectivity index (χ3v) is 4.73. The SMILES string of the molecule is O=C(NCCCN1CCC[C@@H](CO)C1)Nc1cccc(-c2ccn[nH]2)c1. The largest absolute Gasteiger partial charge is 0.396 e. The second-order valence-electron chi connectivity index (χ2n) is 6.78. The molecule has 0 saturated carbocycles. The number of aliphatic hydroxyl groups excluding tert-OH is 1. The van der Waals surface area contributed by atoms with Gasteiger partial charge in [-0.2, -0.15) is 5.10 Å². The van der Waals surface area contributed by atoms with E-state index in [9.17, 15) is 9.90 Å². The van der Waals surface area contributed by atoms with Crippen molar-refractivity contribution >= 4 is 11.7 Å². The van der Waals surface area contributed by atoms with Gasteiger partial charge in [0.15, 0.2) is 0 Å². The molecule has 1 aromatic heterocycles. The van der Waals surface area contributed by atoms with Crippen molar-refractivity contribution in [3.63, 3.8) is 0 Å². The van der Waals surface area contributed by atoms with E-state index >= 15 is 0 Å². The number of aliphatic hydroxyl groups is 1. The molecule has 4 N–H and O–H groups in total. The second kappa shape index (κ2) is 9.35. The Balaban J connectivity index is 1.39. The summed E-state index contributed by atoms with van der Waals surface area (Å²) in [5.74, 6) is 0.405. The number of hydrogen-bond acceptors (Lipinski definition) is 4. The van der Waals surface area contributed by atoms with Gasteiger partial charge in [0.2, 0.25) is 0 Å². The van der Waals surface area contributed by atoms with Crippen molar-refractivity contribution in [3.8, 4) is 11.3 Å². The van der Waals surface area contributed by atoms with E-state index in [0.29, 0.717) is 12.5 Å². The molecular formula is C19H27N5O2. The number of anilines is 1. The van der Waals surface area contributed by atoms with Crippen molar-refractivity contribution in [3.05, 3.63) is 36.5 Å². The van der Waals surface area contributed by atoms with Gasteiger partial charge in [0.25, 0.3) is 0 Å². The first-order valence-electron chi connectivity index (χ1n) is 9.22. The van der Waals surface area contributed by atoms with Crippen LogP contribution < -0.4 is 10.6 Å². The van der Waals surface area contributed by atoms with Gasteiger partial charge in [0, 0.05) is 37.1 Å². The lowest BCUT2D eigenvalue weighted by Crippen LogP contribution is -2.38.